The van der Waals surface area contributed by atoms with Gasteiger partial charge in [-0.1, -0.05) is 43.3 Å². The molecule has 5 rings (SSSR count). The molecule has 2 amide bonds. The summed E-state index contributed by atoms with van der Waals surface area (Å²) in [6.45, 7) is 5.79. The number of halogens is 1. The minimum Gasteiger partial charge on any atom is -0.497 e. The van der Waals surface area contributed by atoms with Gasteiger partial charge in [0, 0.05) is 23.3 Å². The van der Waals surface area contributed by atoms with Crippen molar-refractivity contribution in [3.63, 3.8) is 0 Å². The van der Waals surface area contributed by atoms with E-state index < -0.39 is 14.5 Å². The molecule has 3 aromatic rings. The average molecular weight is 619 g/mol. The van der Waals surface area contributed by atoms with Crippen molar-refractivity contribution in [2.75, 3.05) is 19.0 Å². The molecule has 1 saturated heterocycles. The number of carbonyl (C=O) groups is 2. The van der Waals surface area contributed by atoms with Crippen LogP contribution in [-0.4, -0.2) is 62.2 Å². The molecule has 0 spiro atoms. The number of ether oxygens (including phenoxy) is 2. The minimum atomic E-state index is -3.17. The monoisotopic (exact) mass is 618 g/mol. The number of hydrogen-bond donors (Lipinski definition) is 2. The molecule has 9 heteroatoms. The molecule has 7 nitrogen and oxygen atoms in total. The molecular weight excluding hydrogens is 575 g/mol. The summed E-state index contributed by atoms with van der Waals surface area (Å²) in [5.74, 6) is 0.350. The van der Waals surface area contributed by atoms with Gasteiger partial charge in [0.25, 0.3) is 5.91 Å². The van der Waals surface area contributed by atoms with E-state index >= 15 is 4.11 Å². The van der Waals surface area contributed by atoms with Crippen LogP contribution in [0.3, 0.4) is 0 Å². The fourth-order valence-corrected chi connectivity index (χ4v) is 9.51. The van der Waals surface area contributed by atoms with E-state index in [0.717, 1.165) is 16.7 Å². The number of nitrogens with zero attached hydrogens (tertiary/aromatic N) is 1. The molecule has 234 valence electrons. The van der Waals surface area contributed by atoms with E-state index in [1.165, 1.54) is 0 Å². The number of benzene rings is 3. The van der Waals surface area contributed by atoms with Crippen molar-refractivity contribution >= 4 is 25.9 Å². The number of carbonyl (C=O) groups excluding carboxylic acids is 2. The van der Waals surface area contributed by atoms with Gasteiger partial charge < -0.3 is 28.9 Å². The Labute approximate surface area is 260 Å². The average Bonchev–Trinajstić information content (AvgIpc) is 3.34. The standard InChI is InChI=1S/C35H43FN2O5Si/c1-23-31(17-12-24-8-7-11-28(18-24)37-35(41)25-13-15-30(42-2)16-14-25)43-32(34(23)44(3,4)36)20-33(40)38-21-27-10-6-5-9-26(27)19-29(38)22-39/h5-11,13-16,18,23,29,31-32,34,39H,12,17,19-22H2,1-4H3,(H,37,41)/t23-,29+,31+,32-,34+/m1/s1. The first-order chi connectivity index (χ1) is 21.1. The quantitative estimate of drug-likeness (QED) is 0.210. The van der Waals surface area contributed by atoms with Crippen LogP contribution in [0.25, 0.3) is 0 Å². The van der Waals surface area contributed by atoms with Crippen LogP contribution in [0.2, 0.25) is 18.6 Å². The van der Waals surface area contributed by atoms with Crippen LogP contribution >= 0.6 is 0 Å². The van der Waals surface area contributed by atoms with Crippen LogP contribution in [0.15, 0.2) is 72.8 Å². The summed E-state index contributed by atoms with van der Waals surface area (Å²) < 4.78 is 27.4. The maximum absolute atomic E-state index is 15.8. The highest BCUT2D eigenvalue weighted by Gasteiger charge is 2.52. The zero-order chi connectivity index (χ0) is 31.4. The minimum absolute atomic E-state index is 0.0341. The normalized spacial score (nSPS) is 23.2. The first-order valence-electron chi connectivity index (χ1n) is 15.4. The lowest BCUT2D eigenvalue weighted by Crippen LogP contribution is -2.48. The van der Waals surface area contributed by atoms with Gasteiger partial charge in [0.2, 0.25) is 14.3 Å². The number of anilines is 1. The molecule has 0 aromatic heterocycles. The first-order valence-corrected chi connectivity index (χ1v) is 18.4. The molecule has 0 unspecified atom stereocenters. The maximum atomic E-state index is 15.8. The van der Waals surface area contributed by atoms with Crippen molar-refractivity contribution in [2.24, 2.45) is 5.92 Å². The van der Waals surface area contributed by atoms with Gasteiger partial charge in [-0.3, -0.25) is 9.59 Å². The number of fused-ring (bicyclic) bond motifs is 1. The van der Waals surface area contributed by atoms with E-state index in [-0.39, 0.29) is 48.4 Å². The first kappa shape index (κ1) is 31.9. The summed E-state index contributed by atoms with van der Waals surface area (Å²) in [7, 11) is -1.58. The number of nitrogens with one attached hydrogen (secondary N) is 1. The third kappa shape index (κ3) is 7.22. The molecular formula is C35H43FN2O5Si. The number of aliphatic hydroxyl groups is 1. The molecule has 44 heavy (non-hydrogen) atoms. The van der Waals surface area contributed by atoms with E-state index in [4.69, 9.17) is 9.47 Å². The van der Waals surface area contributed by atoms with Crippen LogP contribution < -0.4 is 10.1 Å². The fraction of sp³-hybridized carbons (Fsp3) is 0.429. The third-order valence-electron chi connectivity index (χ3n) is 9.21. The molecule has 2 aliphatic heterocycles. The van der Waals surface area contributed by atoms with Gasteiger partial charge in [-0.2, -0.15) is 0 Å². The van der Waals surface area contributed by atoms with Crippen LogP contribution in [0.5, 0.6) is 5.75 Å². The van der Waals surface area contributed by atoms with Crippen molar-refractivity contribution in [3.8, 4) is 5.75 Å². The lowest BCUT2D eigenvalue weighted by atomic mass is 9.93. The van der Waals surface area contributed by atoms with Crippen molar-refractivity contribution in [1.29, 1.82) is 0 Å². The number of rotatable bonds is 10. The smallest absolute Gasteiger partial charge is 0.255 e. The summed E-state index contributed by atoms with van der Waals surface area (Å²) in [4.78, 5) is 28.2. The Morgan fingerprint density at radius 3 is 2.45 bits per heavy atom. The Morgan fingerprint density at radius 2 is 1.77 bits per heavy atom. The molecule has 0 bridgehead atoms. The van der Waals surface area contributed by atoms with Gasteiger partial charge in [-0.05, 0) is 91.4 Å². The van der Waals surface area contributed by atoms with Gasteiger partial charge in [0.15, 0.2) is 0 Å². The molecule has 0 radical (unpaired) electrons. The van der Waals surface area contributed by atoms with Gasteiger partial charge in [0.05, 0.1) is 38.4 Å². The zero-order valence-electron chi connectivity index (χ0n) is 26.0. The highest BCUT2D eigenvalue weighted by molar-refractivity contribution is 6.72. The van der Waals surface area contributed by atoms with Crippen molar-refractivity contribution in [1.82, 2.24) is 4.90 Å². The van der Waals surface area contributed by atoms with Gasteiger partial charge >= 0.3 is 0 Å². The van der Waals surface area contributed by atoms with E-state index in [9.17, 15) is 14.7 Å². The molecule has 3 aromatic carbocycles. The second kappa shape index (κ2) is 13.6. The highest BCUT2D eigenvalue weighted by atomic mass is 28.4. The molecule has 2 aliphatic rings. The van der Waals surface area contributed by atoms with Gasteiger partial charge in [-0.15, -0.1) is 0 Å². The second-order valence-electron chi connectivity index (χ2n) is 12.6. The second-order valence-corrected chi connectivity index (χ2v) is 16.4. The SMILES string of the molecule is COc1ccc(C(=O)Nc2cccc(CC[C@@H]3O[C@H](CC(=O)N4Cc5ccccc5C[C@H]4CO)[C@@H]([Si](C)(C)F)[C@@H]3C)c2)cc1. The number of aryl methyl sites for hydroxylation is 1. The number of hydrogen-bond acceptors (Lipinski definition) is 5. The van der Waals surface area contributed by atoms with Crippen molar-refractivity contribution in [3.05, 3.63) is 95.1 Å². The Balaban J connectivity index is 1.23. The lowest BCUT2D eigenvalue weighted by molar-refractivity contribution is -0.138. The van der Waals surface area contributed by atoms with E-state index in [1.54, 1.807) is 49.4 Å². The fourth-order valence-electron chi connectivity index (χ4n) is 6.97. The van der Waals surface area contributed by atoms with Gasteiger partial charge in [-0.25, -0.2) is 0 Å². The van der Waals surface area contributed by atoms with Crippen LogP contribution in [0.1, 0.15) is 46.8 Å². The van der Waals surface area contributed by atoms with Crippen LogP contribution in [0.4, 0.5) is 9.80 Å². The number of methoxy groups -OCH3 is 1. The predicted molar refractivity (Wildman–Crippen MR) is 172 cm³/mol. The topological polar surface area (TPSA) is 88.1 Å². The van der Waals surface area contributed by atoms with E-state index in [1.807, 2.05) is 55.5 Å². The summed E-state index contributed by atoms with van der Waals surface area (Å²) in [5, 5.41) is 13.0. The summed E-state index contributed by atoms with van der Waals surface area (Å²) >= 11 is 0. The number of amides is 2. The molecule has 2 heterocycles. The van der Waals surface area contributed by atoms with Crippen molar-refractivity contribution in [2.45, 2.75) is 76.0 Å². The third-order valence-corrected chi connectivity index (χ3v) is 11.7. The highest BCUT2D eigenvalue weighted by Crippen LogP contribution is 2.47. The molecule has 5 atom stereocenters. The van der Waals surface area contributed by atoms with E-state index in [2.05, 4.69) is 5.32 Å². The molecule has 0 aliphatic carbocycles. The van der Waals surface area contributed by atoms with Crippen LogP contribution in [-0.2, 0) is 28.9 Å². The Bertz CT molecular complexity index is 1460. The lowest BCUT2D eigenvalue weighted by Gasteiger charge is -2.37. The Hall–Kier alpha value is -3.53. The van der Waals surface area contributed by atoms with Crippen molar-refractivity contribution < 1.29 is 28.3 Å². The van der Waals surface area contributed by atoms with Crippen LogP contribution in [0, 0.1) is 5.92 Å². The predicted octanol–water partition coefficient (Wildman–Crippen LogP) is 6.16. The summed E-state index contributed by atoms with van der Waals surface area (Å²) in [5.41, 5.74) is 4.20. The zero-order valence-corrected chi connectivity index (χ0v) is 27.0. The van der Waals surface area contributed by atoms with E-state index in [0.29, 0.717) is 42.8 Å². The Morgan fingerprint density at radius 1 is 1.05 bits per heavy atom. The molecule has 0 saturated carbocycles. The summed E-state index contributed by atoms with van der Waals surface area (Å²) in [6, 6.07) is 22.4. The molecule has 2 N–H and O–H groups in total. The number of aliphatic hydroxyl groups excluding tert-OH is 1. The maximum Gasteiger partial charge on any atom is 0.255 e. The Kier molecular flexibility index (Phi) is 9.87. The summed E-state index contributed by atoms with van der Waals surface area (Å²) in [6.07, 6.45) is 1.40. The molecule has 1 fully saturated rings. The largest absolute Gasteiger partial charge is 0.497 e. The van der Waals surface area contributed by atoms with Gasteiger partial charge in [0.1, 0.15) is 5.75 Å².